The second kappa shape index (κ2) is 41.5. The molecule has 0 bridgehead atoms. The minimum atomic E-state index is -2.68. The molecule has 10 rings (SSSR count). The first-order chi connectivity index (χ1) is 52.8. The summed E-state index contributed by atoms with van der Waals surface area (Å²) in [6.45, 7) is 10.3. The van der Waals surface area contributed by atoms with Gasteiger partial charge in [0, 0.05) is 45.7 Å². The van der Waals surface area contributed by atoms with E-state index in [1.165, 1.54) is 6.92 Å². The largest absolute Gasteiger partial charge is 0.462 e. The molecule has 26 nitrogen and oxygen atoms in total. The van der Waals surface area contributed by atoms with Gasteiger partial charge in [-0.2, -0.15) is 0 Å². The quantitative estimate of drug-likeness (QED) is 0.0167. The molecular weight excluding hydrogens is 1510 g/mol. The van der Waals surface area contributed by atoms with E-state index >= 15 is 0 Å². The average Bonchev–Trinajstić information content (AvgIpc) is 0.756. The molecule has 5 fully saturated rings. The molecule has 30 heteroatoms. The molecule has 600 valence electrons. The van der Waals surface area contributed by atoms with Crippen molar-refractivity contribution < 1.29 is 114 Å². The van der Waals surface area contributed by atoms with Gasteiger partial charge in [0.25, 0.3) is 9.70 Å². The summed E-state index contributed by atoms with van der Waals surface area (Å²) < 4.78 is 119. The number of benzene rings is 5. The van der Waals surface area contributed by atoms with Crippen LogP contribution in [0.1, 0.15) is 115 Å². The van der Waals surface area contributed by atoms with Gasteiger partial charge in [0.2, 0.25) is 5.91 Å². The fraction of sp³-hybridized carbons (Fsp3) is 0.550. The molecule has 5 aliphatic heterocycles. The third kappa shape index (κ3) is 24.5. The summed E-state index contributed by atoms with van der Waals surface area (Å²) in [6.07, 6.45) is -24.7. The predicted molar refractivity (Wildman–Crippen MR) is 398 cm³/mol. The lowest BCUT2D eigenvalue weighted by molar-refractivity contribution is -0.392. The van der Waals surface area contributed by atoms with E-state index in [1.54, 1.807) is 51.1 Å². The molecule has 5 heterocycles. The highest BCUT2D eigenvalue weighted by Gasteiger charge is 2.61. The fourth-order valence-electron chi connectivity index (χ4n) is 13.4. The number of hydrogen-bond donors (Lipinski definition) is 2. The number of rotatable bonds is 34. The number of fused-ring (bicyclic) bond motifs is 1. The van der Waals surface area contributed by atoms with Crippen LogP contribution in [0.15, 0.2) is 152 Å². The Kier molecular flexibility index (Phi) is 32.4. The van der Waals surface area contributed by atoms with E-state index in [2.05, 4.69) is 10.6 Å². The molecule has 21 atom stereocenters. The van der Waals surface area contributed by atoms with Crippen LogP contribution in [0, 0.1) is 5.41 Å². The summed E-state index contributed by atoms with van der Waals surface area (Å²) in [5, 5.41) is 5.68. The highest BCUT2D eigenvalue weighted by molar-refractivity contribution is 6.76. The van der Waals surface area contributed by atoms with Gasteiger partial charge in [-0.25, -0.2) is 0 Å². The van der Waals surface area contributed by atoms with Crippen molar-refractivity contribution in [3.05, 3.63) is 179 Å². The Morgan fingerprint density at radius 1 is 0.464 bits per heavy atom. The van der Waals surface area contributed by atoms with Crippen LogP contribution in [0.3, 0.4) is 0 Å². The topological polar surface area (TPSA) is 293 Å². The Balaban J connectivity index is 1.13. The number of hydrogen-bond acceptors (Lipinski definition) is 24. The molecule has 0 aliphatic carbocycles. The number of alkyl halides is 4. The summed E-state index contributed by atoms with van der Waals surface area (Å²) in [5.74, 6) is -4.87. The minimum Gasteiger partial charge on any atom is -0.462 e. The smallest absolute Gasteiger partial charge is 0.311 e. The summed E-state index contributed by atoms with van der Waals surface area (Å²) in [6, 6.07) is 43.6. The number of carbonyl (C=O) groups is 6. The van der Waals surface area contributed by atoms with E-state index in [0.717, 1.165) is 62.3 Å². The molecule has 1 unspecified atom stereocenters. The number of unbranched alkanes of at least 4 members (excludes halogenated alkanes) is 3. The maximum absolute atomic E-state index is 14.2. The van der Waals surface area contributed by atoms with Crippen molar-refractivity contribution >= 4 is 82.1 Å². The molecular formula is C80H98Cl4N2O24. The van der Waals surface area contributed by atoms with Crippen LogP contribution in [0.4, 0.5) is 0 Å². The number of carbonyl (C=O) groups excluding carboxylic acids is 6. The van der Waals surface area contributed by atoms with Crippen molar-refractivity contribution in [2.75, 3.05) is 32.3 Å². The summed E-state index contributed by atoms with van der Waals surface area (Å²) in [4.78, 5) is 83.9. The normalized spacial score (nSPS) is 29.7. The Bertz CT molecular complexity index is 3690. The van der Waals surface area contributed by atoms with Gasteiger partial charge in [0.1, 0.15) is 79.7 Å². The van der Waals surface area contributed by atoms with Crippen molar-refractivity contribution in [2.45, 2.75) is 240 Å². The maximum atomic E-state index is 14.2. The van der Waals surface area contributed by atoms with Gasteiger partial charge in [-0.3, -0.25) is 28.8 Å². The summed E-state index contributed by atoms with van der Waals surface area (Å²) in [5.41, 5.74) is 2.69. The van der Waals surface area contributed by atoms with E-state index in [4.69, 9.17) is 132 Å². The molecule has 0 radical (unpaired) electrons. The van der Waals surface area contributed by atoms with Crippen LogP contribution in [0.5, 0.6) is 0 Å². The standard InChI is InChI=1S/C80H98Cl4N2O24/c1-47-62(95-41-53-30-18-12-19-31-53)68(96-42-54-32-20-13-21-33-54)70(97-43-55-34-22-14-23-35-55)75(100-47)109-67-60(85-48(2)87)73(94-39-27-10-9-26-38-81)104-57(44-93-40-52-28-16-11-17-29-52)63(67)108-76-71(103-51(5)90)69(65(101-49(3)88)59(106-76)46-99-78(92)79(6,7)8)110-74-61(86-77(91)80(82,83)84)66(102-50(4)89)64-58(105-74)45-98-72(107-64)56-36-24-15-25-37-56/h11-25,28-37,47,57-76H,9-10,26-27,38-46H2,1-8H3,(H,85,87)(H,86,91)/t47-,57+,58+,59+,60+,61+,62+,63+,64+,65-,66+,67+,68+,69-,70-,71+,72?,73+,74-,75-,76-/m0/s1. The predicted octanol–water partition coefficient (Wildman–Crippen LogP) is 10.7. The molecule has 110 heavy (non-hydrogen) atoms. The first-order valence-corrected chi connectivity index (χ1v) is 38.5. The van der Waals surface area contributed by atoms with Crippen LogP contribution in [-0.2, 0) is 140 Å². The summed E-state index contributed by atoms with van der Waals surface area (Å²) in [7, 11) is 0. The molecule has 2 N–H and O–H groups in total. The Morgan fingerprint density at radius 3 is 1.50 bits per heavy atom. The average molecular weight is 1610 g/mol. The van der Waals surface area contributed by atoms with Gasteiger partial charge in [-0.1, -0.05) is 199 Å². The van der Waals surface area contributed by atoms with E-state index in [1.807, 2.05) is 128 Å². The lowest BCUT2D eigenvalue weighted by atomic mass is 9.93. The number of halogens is 4. The lowest BCUT2D eigenvalue weighted by Crippen LogP contribution is -2.72. The molecule has 2 amide bonds. The van der Waals surface area contributed by atoms with Crippen LogP contribution in [0.2, 0.25) is 0 Å². The highest BCUT2D eigenvalue weighted by atomic mass is 35.6. The van der Waals surface area contributed by atoms with Gasteiger partial charge in [0.15, 0.2) is 49.8 Å². The first kappa shape index (κ1) is 85.9. The number of esters is 4. The number of amides is 2. The van der Waals surface area contributed by atoms with Gasteiger partial charge in [-0.05, 0) is 62.8 Å². The van der Waals surface area contributed by atoms with Gasteiger partial charge in [-0.15, -0.1) is 11.6 Å². The molecule has 5 aliphatic rings. The molecule has 0 aromatic heterocycles. The zero-order chi connectivity index (χ0) is 78.5. The van der Waals surface area contributed by atoms with Crippen molar-refractivity contribution in [3.63, 3.8) is 0 Å². The molecule has 5 aromatic carbocycles. The summed E-state index contributed by atoms with van der Waals surface area (Å²) >= 11 is 25.0. The number of nitrogens with one attached hydrogen (secondary N) is 2. The zero-order valence-electron chi connectivity index (χ0n) is 62.6. The molecule has 0 spiro atoms. The second-order valence-electron chi connectivity index (χ2n) is 28.4. The highest BCUT2D eigenvalue weighted by Crippen LogP contribution is 2.42. The van der Waals surface area contributed by atoms with Crippen LogP contribution >= 0.6 is 46.4 Å². The van der Waals surface area contributed by atoms with Gasteiger partial charge >= 0.3 is 23.9 Å². The van der Waals surface area contributed by atoms with Crippen molar-refractivity contribution in [1.82, 2.24) is 10.6 Å². The third-order valence-corrected chi connectivity index (χ3v) is 19.4. The minimum absolute atomic E-state index is 0.00296. The van der Waals surface area contributed by atoms with Crippen LogP contribution < -0.4 is 10.6 Å². The van der Waals surface area contributed by atoms with E-state index in [-0.39, 0.29) is 46.2 Å². The first-order valence-electron chi connectivity index (χ1n) is 36.8. The van der Waals surface area contributed by atoms with E-state index < -0.39 is 180 Å². The third-order valence-electron chi connectivity index (χ3n) is 18.6. The van der Waals surface area contributed by atoms with Crippen LogP contribution in [0.25, 0.3) is 0 Å². The molecule has 0 saturated carbocycles. The molecule has 5 saturated heterocycles. The van der Waals surface area contributed by atoms with Crippen molar-refractivity contribution in [2.24, 2.45) is 5.41 Å². The zero-order valence-corrected chi connectivity index (χ0v) is 65.6. The number of ether oxygens (including phenoxy) is 18. The van der Waals surface area contributed by atoms with Crippen molar-refractivity contribution in [3.8, 4) is 0 Å². The maximum Gasteiger partial charge on any atom is 0.311 e. The van der Waals surface area contributed by atoms with Gasteiger partial charge < -0.3 is 95.9 Å². The Hall–Kier alpha value is -6.48. The fourth-order valence-corrected chi connectivity index (χ4v) is 13.8. The van der Waals surface area contributed by atoms with Crippen LogP contribution in [-0.4, -0.2) is 194 Å². The molecule has 5 aromatic rings. The SMILES string of the molecule is CC(=O)N[C@H]1[C@H](OCCCCCCCl)O[C@H](COCc2ccccc2)[C@@H](O[C@@H]2O[C@H](COC(=O)C(C)(C)C)[C@H](OC(C)=O)[C@H](O[C@@H]3O[C@@H]4COC(c5ccccc5)O[C@H]4[C@H](OC(C)=O)[C@H]3NC(=O)C(Cl)(Cl)Cl)[C@H]2OC(C)=O)[C@@H]1O[C@@H]1O[C@@H](C)[C@@H](OCc2ccccc2)[C@@H](OCc2ccccc2)[C@@H]1OCc1ccccc1. The monoisotopic (exact) mass is 1610 g/mol. The lowest BCUT2D eigenvalue weighted by Gasteiger charge is -2.53. The second-order valence-corrected chi connectivity index (χ2v) is 31.0. The Morgan fingerprint density at radius 2 is 0.945 bits per heavy atom. The van der Waals surface area contributed by atoms with E-state index in [9.17, 15) is 28.8 Å². The van der Waals surface area contributed by atoms with E-state index in [0.29, 0.717) is 17.9 Å². The van der Waals surface area contributed by atoms with Gasteiger partial charge in [0.05, 0.1) is 51.2 Å². The van der Waals surface area contributed by atoms with Crippen molar-refractivity contribution in [1.29, 1.82) is 0 Å². The Labute approximate surface area is 660 Å².